The van der Waals surface area contributed by atoms with Gasteiger partial charge in [-0.1, -0.05) is 20.8 Å². The fourth-order valence-electron chi connectivity index (χ4n) is 3.60. The van der Waals surface area contributed by atoms with Crippen LogP contribution in [0.5, 0.6) is 11.5 Å². The van der Waals surface area contributed by atoms with E-state index in [4.69, 9.17) is 9.47 Å². The zero-order valence-electron chi connectivity index (χ0n) is 16.4. The predicted octanol–water partition coefficient (Wildman–Crippen LogP) is 5.27. The van der Waals surface area contributed by atoms with Crippen LogP contribution in [0.2, 0.25) is 0 Å². The van der Waals surface area contributed by atoms with Crippen LogP contribution in [0.1, 0.15) is 39.3 Å². The number of carbonyl (C=O) groups excluding carboxylic acids is 1. The maximum absolute atomic E-state index is 13.2. The number of hydrogen-bond donors (Lipinski definition) is 1. The van der Waals surface area contributed by atoms with Gasteiger partial charge in [0.15, 0.2) is 11.5 Å². The van der Waals surface area contributed by atoms with E-state index in [2.05, 4.69) is 44.0 Å². The average Bonchev–Trinajstić information content (AvgIpc) is 3.24. The Bertz CT molecular complexity index is 1070. The fourth-order valence-corrected chi connectivity index (χ4v) is 3.60. The van der Waals surface area contributed by atoms with Crippen molar-refractivity contribution in [2.24, 2.45) is 5.92 Å². The minimum Gasteiger partial charge on any atom is -0.454 e. The van der Waals surface area contributed by atoms with Crippen molar-refractivity contribution in [1.82, 2.24) is 4.98 Å². The van der Waals surface area contributed by atoms with Crippen LogP contribution in [0.4, 0.5) is 11.4 Å². The highest BCUT2D eigenvalue weighted by molar-refractivity contribution is 6.04. The summed E-state index contributed by atoms with van der Waals surface area (Å²) in [5.41, 5.74) is 4.00. The Kier molecular flexibility index (Phi) is 3.69. The topological polar surface area (TPSA) is 54.6 Å². The number of anilines is 2. The molecule has 5 nitrogen and oxygen atoms in total. The minimum absolute atomic E-state index is 0.0417. The van der Waals surface area contributed by atoms with Gasteiger partial charge < -0.3 is 14.5 Å². The molecule has 1 N–H and O–H groups in total. The zero-order chi connectivity index (χ0) is 19.5. The summed E-state index contributed by atoms with van der Waals surface area (Å²) in [6.07, 6.45) is 1.92. The third kappa shape index (κ3) is 2.91. The number of ether oxygens (including phenoxy) is 2. The van der Waals surface area contributed by atoms with Crippen molar-refractivity contribution >= 4 is 28.2 Å². The van der Waals surface area contributed by atoms with E-state index in [-0.39, 0.29) is 24.0 Å². The number of fused-ring (bicyclic) bond motifs is 2. The van der Waals surface area contributed by atoms with Gasteiger partial charge in [0.2, 0.25) is 12.7 Å². The van der Waals surface area contributed by atoms with Crippen molar-refractivity contribution in [3.05, 3.63) is 48.2 Å². The number of amides is 1. The molecule has 5 rings (SSSR count). The highest BCUT2D eigenvalue weighted by Gasteiger charge is 2.35. The molecule has 1 fully saturated rings. The van der Waals surface area contributed by atoms with Gasteiger partial charge in [-0.2, -0.15) is 0 Å². The van der Waals surface area contributed by atoms with Gasteiger partial charge in [-0.3, -0.25) is 9.69 Å². The molecule has 0 atom stereocenters. The number of nitrogens with one attached hydrogen (secondary N) is 1. The Morgan fingerprint density at radius 1 is 1.00 bits per heavy atom. The van der Waals surface area contributed by atoms with Crippen LogP contribution >= 0.6 is 0 Å². The maximum atomic E-state index is 13.2. The Morgan fingerprint density at radius 2 is 1.71 bits per heavy atom. The first-order chi connectivity index (χ1) is 13.4. The molecule has 2 aliphatic rings. The van der Waals surface area contributed by atoms with Crippen molar-refractivity contribution in [2.75, 3.05) is 11.7 Å². The van der Waals surface area contributed by atoms with Gasteiger partial charge in [0.1, 0.15) is 0 Å². The Labute approximate surface area is 164 Å². The van der Waals surface area contributed by atoms with Crippen molar-refractivity contribution < 1.29 is 14.3 Å². The summed E-state index contributed by atoms with van der Waals surface area (Å²) in [7, 11) is 0. The molecule has 0 radical (unpaired) electrons. The lowest BCUT2D eigenvalue weighted by atomic mass is 9.92. The molecule has 144 valence electrons. The summed E-state index contributed by atoms with van der Waals surface area (Å²) in [6, 6.07) is 14.0. The smallest absolute Gasteiger partial charge is 0.234 e. The number of benzene rings is 2. The summed E-state index contributed by atoms with van der Waals surface area (Å²) in [4.78, 5) is 18.5. The standard InChI is InChI=1S/C23H24N2O3/c1-23(2,3)21-11-15-10-16(6-8-18(15)24-21)25(22(26)14-4-5-14)17-7-9-19-20(12-17)28-13-27-19/h6-12,14,24H,4-5,13H2,1-3H3. The molecule has 28 heavy (non-hydrogen) atoms. The summed E-state index contributed by atoms with van der Waals surface area (Å²) in [6.45, 7) is 6.79. The summed E-state index contributed by atoms with van der Waals surface area (Å²) in [5, 5.41) is 1.11. The molecule has 1 saturated carbocycles. The third-order valence-electron chi connectivity index (χ3n) is 5.43. The molecule has 0 spiro atoms. The Hall–Kier alpha value is -2.95. The van der Waals surface area contributed by atoms with E-state index in [0.29, 0.717) is 5.75 Å². The Morgan fingerprint density at radius 3 is 2.46 bits per heavy atom. The van der Waals surface area contributed by atoms with Crippen LogP contribution in [-0.2, 0) is 10.2 Å². The van der Waals surface area contributed by atoms with Crippen LogP contribution in [0, 0.1) is 5.92 Å². The fraction of sp³-hybridized carbons (Fsp3) is 0.348. The number of aromatic amines is 1. The lowest BCUT2D eigenvalue weighted by molar-refractivity contribution is -0.119. The molecule has 1 aromatic heterocycles. The molecule has 0 saturated heterocycles. The van der Waals surface area contributed by atoms with E-state index in [1.807, 2.05) is 29.2 Å². The molecular formula is C23H24N2O3. The van der Waals surface area contributed by atoms with Crippen molar-refractivity contribution in [3.63, 3.8) is 0 Å². The number of hydrogen-bond acceptors (Lipinski definition) is 3. The van der Waals surface area contributed by atoms with Crippen LogP contribution in [-0.4, -0.2) is 17.7 Å². The molecule has 3 aromatic rings. The lowest BCUT2D eigenvalue weighted by Gasteiger charge is -2.23. The van der Waals surface area contributed by atoms with Gasteiger partial charge in [0, 0.05) is 39.7 Å². The van der Waals surface area contributed by atoms with Crippen molar-refractivity contribution in [1.29, 1.82) is 0 Å². The SMILES string of the molecule is CC(C)(C)c1cc2cc(N(C(=O)C3CC3)c3ccc4c(c3)OCO4)ccc2[nH]1. The van der Waals surface area contributed by atoms with Gasteiger partial charge in [-0.15, -0.1) is 0 Å². The average molecular weight is 376 g/mol. The van der Waals surface area contributed by atoms with E-state index < -0.39 is 0 Å². The van der Waals surface area contributed by atoms with Crippen LogP contribution in [0.3, 0.4) is 0 Å². The van der Waals surface area contributed by atoms with E-state index in [1.54, 1.807) is 0 Å². The van der Waals surface area contributed by atoms with Crippen LogP contribution in [0.25, 0.3) is 10.9 Å². The van der Waals surface area contributed by atoms with Gasteiger partial charge in [-0.05, 0) is 49.2 Å². The lowest BCUT2D eigenvalue weighted by Crippen LogP contribution is -2.27. The zero-order valence-corrected chi connectivity index (χ0v) is 16.4. The third-order valence-corrected chi connectivity index (χ3v) is 5.43. The molecule has 2 aromatic carbocycles. The second kappa shape index (κ2) is 6.03. The number of H-pyrrole nitrogens is 1. The first kappa shape index (κ1) is 17.2. The summed E-state index contributed by atoms with van der Waals surface area (Å²) < 4.78 is 10.9. The van der Waals surface area contributed by atoms with Crippen LogP contribution < -0.4 is 14.4 Å². The quantitative estimate of drug-likeness (QED) is 0.678. The second-order valence-electron chi connectivity index (χ2n) is 8.69. The summed E-state index contributed by atoms with van der Waals surface area (Å²) >= 11 is 0. The predicted molar refractivity (Wildman–Crippen MR) is 109 cm³/mol. The highest BCUT2D eigenvalue weighted by Crippen LogP contribution is 2.41. The largest absolute Gasteiger partial charge is 0.454 e. The molecule has 1 amide bonds. The number of aromatic nitrogens is 1. The van der Waals surface area contributed by atoms with E-state index >= 15 is 0 Å². The Balaban J connectivity index is 1.60. The van der Waals surface area contributed by atoms with Gasteiger partial charge in [0.25, 0.3) is 0 Å². The number of carbonyl (C=O) groups is 1. The van der Waals surface area contributed by atoms with Crippen molar-refractivity contribution in [2.45, 2.75) is 39.0 Å². The first-order valence-electron chi connectivity index (χ1n) is 9.77. The first-order valence-corrected chi connectivity index (χ1v) is 9.77. The number of nitrogens with zero attached hydrogens (tertiary/aromatic N) is 1. The maximum Gasteiger partial charge on any atom is 0.234 e. The van der Waals surface area contributed by atoms with E-state index in [9.17, 15) is 4.79 Å². The van der Waals surface area contributed by atoms with E-state index in [0.717, 1.165) is 40.9 Å². The normalized spacial score (nSPS) is 15.8. The van der Waals surface area contributed by atoms with E-state index in [1.165, 1.54) is 5.69 Å². The second-order valence-corrected chi connectivity index (χ2v) is 8.69. The molecule has 1 aliphatic heterocycles. The highest BCUT2D eigenvalue weighted by atomic mass is 16.7. The molecule has 5 heteroatoms. The summed E-state index contributed by atoms with van der Waals surface area (Å²) in [5.74, 6) is 1.66. The van der Waals surface area contributed by atoms with Gasteiger partial charge in [-0.25, -0.2) is 0 Å². The van der Waals surface area contributed by atoms with Gasteiger partial charge >= 0.3 is 0 Å². The van der Waals surface area contributed by atoms with Crippen LogP contribution in [0.15, 0.2) is 42.5 Å². The molecule has 1 aliphatic carbocycles. The molecular weight excluding hydrogens is 352 g/mol. The molecule has 2 heterocycles. The minimum atomic E-state index is 0.0417. The number of rotatable bonds is 3. The molecule has 0 unspecified atom stereocenters. The monoisotopic (exact) mass is 376 g/mol. The van der Waals surface area contributed by atoms with Crippen molar-refractivity contribution in [3.8, 4) is 11.5 Å². The molecule has 0 bridgehead atoms. The van der Waals surface area contributed by atoms with Gasteiger partial charge in [0.05, 0.1) is 5.69 Å².